The van der Waals surface area contributed by atoms with Gasteiger partial charge >= 0.3 is 0 Å². The third kappa shape index (κ3) is 4.00. The molecule has 2 aliphatic rings. The SMILES string of the molecule is Cc1nnc(N2CCC[C@H](C(=O)NCc3ccc4c(c3)OCO4)C2)c2nn(-c3ccccc3)c(C)c12. The average Bonchev–Trinajstić information content (AvgIpc) is 3.52. The molecule has 36 heavy (non-hydrogen) atoms. The molecule has 1 N–H and O–H groups in total. The molecule has 0 radical (unpaired) electrons. The van der Waals surface area contributed by atoms with Gasteiger partial charge in [0.25, 0.3) is 0 Å². The number of nitrogens with zero attached hydrogens (tertiary/aromatic N) is 5. The standard InChI is InChI=1S/C27H28N6O3/c1-17-24-18(2)33(21-8-4-3-5-9-21)31-25(24)26(30-29-17)32-12-6-7-20(15-32)27(34)28-14-19-10-11-22-23(13-19)36-16-35-22/h3-5,8-11,13,20H,6-7,12,14-16H2,1-2H3,(H,28,34)/t20-/m0/s1. The molecule has 1 atom stereocenters. The fourth-order valence-corrected chi connectivity index (χ4v) is 5.11. The fourth-order valence-electron chi connectivity index (χ4n) is 5.11. The minimum absolute atomic E-state index is 0.0414. The number of hydrogen-bond acceptors (Lipinski definition) is 7. The predicted octanol–water partition coefficient (Wildman–Crippen LogP) is 3.69. The van der Waals surface area contributed by atoms with E-state index in [0.29, 0.717) is 13.1 Å². The molecule has 2 aromatic carbocycles. The van der Waals surface area contributed by atoms with Gasteiger partial charge in [0.15, 0.2) is 17.3 Å². The first kappa shape index (κ1) is 22.3. The Labute approximate surface area is 209 Å². The molecule has 0 aliphatic carbocycles. The Morgan fingerprint density at radius 3 is 2.78 bits per heavy atom. The molecule has 9 heteroatoms. The first-order valence-corrected chi connectivity index (χ1v) is 12.3. The van der Waals surface area contributed by atoms with Crippen molar-refractivity contribution >= 4 is 22.6 Å². The lowest BCUT2D eigenvalue weighted by Gasteiger charge is -2.32. The summed E-state index contributed by atoms with van der Waals surface area (Å²) in [5, 5.41) is 18.0. The molecular weight excluding hydrogens is 456 g/mol. The number of benzene rings is 2. The van der Waals surface area contributed by atoms with E-state index in [1.54, 1.807) is 0 Å². The van der Waals surface area contributed by atoms with Crippen molar-refractivity contribution in [1.82, 2.24) is 25.3 Å². The predicted molar refractivity (Wildman–Crippen MR) is 135 cm³/mol. The number of fused-ring (bicyclic) bond motifs is 2. The summed E-state index contributed by atoms with van der Waals surface area (Å²) in [5.41, 5.74) is 4.68. The van der Waals surface area contributed by atoms with Crippen LogP contribution in [0.15, 0.2) is 48.5 Å². The highest BCUT2D eigenvalue weighted by molar-refractivity contribution is 5.92. The average molecular weight is 485 g/mol. The molecule has 2 aromatic heterocycles. The van der Waals surface area contributed by atoms with E-state index in [1.165, 1.54) is 0 Å². The van der Waals surface area contributed by atoms with Crippen LogP contribution in [0.25, 0.3) is 16.6 Å². The molecule has 0 unspecified atom stereocenters. The van der Waals surface area contributed by atoms with E-state index in [4.69, 9.17) is 14.6 Å². The van der Waals surface area contributed by atoms with Crippen molar-refractivity contribution < 1.29 is 14.3 Å². The van der Waals surface area contributed by atoms with E-state index in [-0.39, 0.29) is 18.6 Å². The zero-order chi connectivity index (χ0) is 24.6. The molecule has 9 nitrogen and oxygen atoms in total. The number of aryl methyl sites for hydroxylation is 2. The fraction of sp³-hybridized carbons (Fsp3) is 0.333. The number of piperidine rings is 1. The van der Waals surface area contributed by atoms with E-state index < -0.39 is 0 Å². The highest BCUT2D eigenvalue weighted by Crippen LogP contribution is 2.33. The number of carbonyl (C=O) groups excluding carboxylic acids is 1. The maximum Gasteiger partial charge on any atom is 0.231 e. The van der Waals surface area contributed by atoms with E-state index in [1.807, 2.05) is 60.1 Å². The molecule has 184 valence electrons. The number of nitrogens with one attached hydrogen (secondary N) is 1. The van der Waals surface area contributed by atoms with Gasteiger partial charge in [-0.2, -0.15) is 10.2 Å². The molecule has 1 amide bonds. The maximum atomic E-state index is 13.1. The van der Waals surface area contributed by atoms with Gasteiger partial charge in [0.1, 0.15) is 5.52 Å². The van der Waals surface area contributed by atoms with Crippen LogP contribution in [0, 0.1) is 19.8 Å². The van der Waals surface area contributed by atoms with Crippen LogP contribution in [0.5, 0.6) is 11.5 Å². The van der Waals surface area contributed by atoms with Gasteiger partial charge in [-0.3, -0.25) is 4.79 Å². The quantitative estimate of drug-likeness (QED) is 0.462. The first-order chi connectivity index (χ1) is 17.6. The van der Waals surface area contributed by atoms with Gasteiger partial charge < -0.3 is 19.7 Å². The summed E-state index contributed by atoms with van der Waals surface area (Å²) < 4.78 is 12.8. The number of amides is 1. The van der Waals surface area contributed by atoms with Gasteiger partial charge in [-0.15, -0.1) is 5.10 Å². The maximum absolute atomic E-state index is 13.1. The Hall–Kier alpha value is -4.14. The summed E-state index contributed by atoms with van der Waals surface area (Å²) in [4.78, 5) is 15.3. The third-order valence-corrected chi connectivity index (χ3v) is 6.98. The molecule has 0 bridgehead atoms. The molecule has 0 spiro atoms. The van der Waals surface area contributed by atoms with Crippen LogP contribution in [-0.4, -0.2) is 45.8 Å². The Kier molecular flexibility index (Phi) is 5.67. The van der Waals surface area contributed by atoms with Gasteiger partial charge in [-0.1, -0.05) is 24.3 Å². The number of carbonyl (C=O) groups is 1. The van der Waals surface area contributed by atoms with Gasteiger partial charge in [-0.25, -0.2) is 4.68 Å². The summed E-state index contributed by atoms with van der Waals surface area (Å²) in [5.74, 6) is 2.10. The van der Waals surface area contributed by atoms with Gasteiger partial charge in [-0.05, 0) is 56.5 Å². The van der Waals surface area contributed by atoms with Crippen LogP contribution >= 0.6 is 0 Å². The molecule has 4 heterocycles. The highest BCUT2D eigenvalue weighted by Gasteiger charge is 2.29. The smallest absolute Gasteiger partial charge is 0.231 e. The molecule has 1 saturated heterocycles. The topological polar surface area (TPSA) is 94.4 Å². The molecule has 2 aliphatic heterocycles. The Morgan fingerprint density at radius 2 is 1.92 bits per heavy atom. The largest absolute Gasteiger partial charge is 0.454 e. The lowest BCUT2D eigenvalue weighted by atomic mass is 9.97. The first-order valence-electron chi connectivity index (χ1n) is 12.3. The minimum atomic E-state index is -0.136. The van der Waals surface area contributed by atoms with Crippen molar-refractivity contribution in [2.45, 2.75) is 33.2 Å². The molecule has 6 rings (SSSR count). The monoisotopic (exact) mass is 484 g/mol. The van der Waals surface area contributed by atoms with Crippen LogP contribution in [0.4, 0.5) is 5.82 Å². The molecular formula is C27H28N6O3. The van der Waals surface area contributed by atoms with Gasteiger partial charge in [0.2, 0.25) is 12.7 Å². The molecule has 1 fully saturated rings. The van der Waals surface area contributed by atoms with Crippen molar-refractivity contribution in [3.63, 3.8) is 0 Å². The summed E-state index contributed by atoms with van der Waals surface area (Å²) in [6.45, 7) is 6.10. The Bertz CT molecular complexity index is 1430. The van der Waals surface area contributed by atoms with Gasteiger partial charge in [0.05, 0.1) is 28.4 Å². The second-order valence-corrected chi connectivity index (χ2v) is 9.36. The summed E-state index contributed by atoms with van der Waals surface area (Å²) in [7, 11) is 0. The highest BCUT2D eigenvalue weighted by atomic mass is 16.7. The zero-order valence-electron chi connectivity index (χ0n) is 20.4. The zero-order valence-corrected chi connectivity index (χ0v) is 20.4. The molecule has 0 saturated carbocycles. The van der Waals surface area contributed by atoms with Crippen LogP contribution < -0.4 is 19.7 Å². The Morgan fingerprint density at radius 1 is 1.08 bits per heavy atom. The van der Waals surface area contributed by atoms with Crippen LogP contribution in [0.2, 0.25) is 0 Å². The lowest BCUT2D eigenvalue weighted by Crippen LogP contribution is -2.43. The summed E-state index contributed by atoms with van der Waals surface area (Å²) in [6.07, 6.45) is 1.74. The summed E-state index contributed by atoms with van der Waals surface area (Å²) >= 11 is 0. The van der Waals surface area contributed by atoms with Gasteiger partial charge in [0, 0.05) is 19.6 Å². The number of para-hydroxylation sites is 1. The molecule has 4 aromatic rings. The second-order valence-electron chi connectivity index (χ2n) is 9.36. The second kappa shape index (κ2) is 9.14. The number of ether oxygens (including phenoxy) is 2. The van der Waals surface area contributed by atoms with Crippen molar-refractivity contribution in [3.05, 3.63) is 65.5 Å². The number of rotatable bonds is 5. The van der Waals surface area contributed by atoms with Crippen molar-refractivity contribution in [1.29, 1.82) is 0 Å². The number of anilines is 1. The summed E-state index contributed by atoms with van der Waals surface area (Å²) in [6, 6.07) is 15.8. The third-order valence-electron chi connectivity index (χ3n) is 6.98. The normalized spacial score (nSPS) is 16.9. The van der Waals surface area contributed by atoms with Crippen LogP contribution in [0.3, 0.4) is 0 Å². The van der Waals surface area contributed by atoms with Crippen LogP contribution in [0.1, 0.15) is 29.8 Å². The van der Waals surface area contributed by atoms with Crippen molar-refractivity contribution in [2.75, 3.05) is 24.8 Å². The van der Waals surface area contributed by atoms with Crippen molar-refractivity contribution in [2.24, 2.45) is 5.92 Å². The number of aromatic nitrogens is 4. The van der Waals surface area contributed by atoms with E-state index in [9.17, 15) is 4.79 Å². The van der Waals surface area contributed by atoms with E-state index >= 15 is 0 Å². The lowest BCUT2D eigenvalue weighted by molar-refractivity contribution is -0.125. The van der Waals surface area contributed by atoms with E-state index in [2.05, 4.69) is 27.3 Å². The van der Waals surface area contributed by atoms with Crippen molar-refractivity contribution in [3.8, 4) is 17.2 Å². The Balaban J connectivity index is 1.21. The number of hydrogen-bond donors (Lipinski definition) is 1. The minimum Gasteiger partial charge on any atom is -0.454 e. The van der Waals surface area contributed by atoms with Crippen LogP contribution in [-0.2, 0) is 11.3 Å². The van der Waals surface area contributed by atoms with E-state index in [0.717, 1.165) is 70.2 Å².